The molecule has 2 aromatic carbocycles. The van der Waals surface area contributed by atoms with Gasteiger partial charge in [-0.1, -0.05) is 6.07 Å². The van der Waals surface area contributed by atoms with E-state index in [2.05, 4.69) is 21.7 Å². The van der Waals surface area contributed by atoms with Crippen molar-refractivity contribution < 1.29 is 23.4 Å². The highest BCUT2D eigenvalue weighted by Crippen LogP contribution is 2.39. The summed E-state index contributed by atoms with van der Waals surface area (Å²) in [5, 5.41) is 16.6. The highest BCUT2D eigenvalue weighted by Gasteiger charge is 2.39. The van der Waals surface area contributed by atoms with Crippen molar-refractivity contribution in [2.24, 2.45) is 11.8 Å². The minimum atomic E-state index is -0.0893. The van der Waals surface area contributed by atoms with E-state index in [1.807, 2.05) is 42.5 Å². The molecule has 9 nitrogen and oxygen atoms in total. The summed E-state index contributed by atoms with van der Waals surface area (Å²) < 4.78 is 23.7. The summed E-state index contributed by atoms with van der Waals surface area (Å²) in [5.74, 6) is 2.76. The third-order valence-electron chi connectivity index (χ3n) is 9.09. The van der Waals surface area contributed by atoms with E-state index in [1.165, 1.54) is 0 Å². The molecule has 1 amide bonds. The second kappa shape index (κ2) is 11.7. The van der Waals surface area contributed by atoms with Gasteiger partial charge in [-0.2, -0.15) is 5.26 Å². The van der Waals surface area contributed by atoms with Gasteiger partial charge in [0.25, 0.3) is 5.91 Å². The minimum Gasteiger partial charge on any atom is -0.496 e. The smallest absolute Gasteiger partial charge is 0.251 e. The molecule has 7 rings (SSSR count). The number of carbonyl (C=O) groups excluding carboxylic acids is 1. The van der Waals surface area contributed by atoms with Crippen molar-refractivity contribution in [1.82, 2.24) is 15.6 Å². The van der Waals surface area contributed by atoms with Gasteiger partial charge < -0.3 is 29.3 Å². The molecule has 2 aliphatic heterocycles. The van der Waals surface area contributed by atoms with Crippen LogP contribution in [0.15, 0.2) is 59.1 Å². The Bertz CT molecular complexity index is 1700. The number of furan rings is 1. The van der Waals surface area contributed by atoms with E-state index in [-0.39, 0.29) is 18.1 Å². The van der Waals surface area contributed by atoms with Crippen LogP contribution in [-0.4, -0.2) is 56.5 Å². The van der Waals surface area contributed by atoms with Crippen LogP contribution in [0.1, 0.15) is 41.6 Å². The van der Waals surface area contributed by atoms with E-state index in [9.17, 15) is 10.1 Å². The van der Waals surface area contributed by atoms with Crippen LogP contribution in [0.4, 0.5) is 0 Å². The summed E-state index contributed by atoms with van der Waals surface area (Å²) in [6, 6.07) is 17.3. The summed E-state index contributed by atoms with van der Waals surface area (Å²) >= 11 is 0. The zero-order valence-electron chi connectivity index (χ0n) is 24.1. The molecule has 0 bridgehead atoms. The Morgan fingerprint density at radius 3 is 2.74 bits per heavy atom. The molecule has 1 aliphatic carbocycles. The van der Waals surface area contributed by atoms with E-state index in [0.29, 0.717) is 64.5 Å². The Morgan fingerprint density at radius 1 is 1.02 bits per heavy atom. The van der Waals surface area contributed by atoms with E-state index in [0.717, 1.165) is 55.5 Å². The first-order valence-electron chi connectivity index (χ1n) is 15.0. The third-order valence-corrected chi connectivity index (χ3v) is 9.09. The Hall–Kier alpha value is -4.39. The number of fused-ring (bicyclic) bond motifs is 2. The predicted molar refractivity (Wildman–Crippen MR) is 161 cm³/mol. The van der Waals surface area contributed by atoms with Crippen molar-refractivity contribution in [1.29, 1.82) is 5.26 Å². The van der Waals surface area contributed by atoms with Gasteiger partial charge in [-0.25, -0.2) is 0 Å². The molecule has 2 aromatic heterocycles. The SMILES string of the molecule is COc1cc(C(=O)N[C@@H]2CC[C@@H]3CNC[C@@H]32)ccc1-c1cc2nccc(-c3ccc(OC4CCOCC4)c(C#N)c3)c2o1. The Balaban J connectivity index is 1.15. The number of benzene rings is 2. The zero-order chi connectivity index (χ0) is 29.3. The van der Waals surface area contributed by atoms with Crippen LogP contribution in [0, 0.1) is 23.2 Å². The lowest BCUT2D eigenvalue weighted by Crippen LogP contribution is -2.39. The van der Waals surface area contributed by atoms with Gasteiger partial charge in [0.15, 0.2) is 5.58 Å². The minimum absolute atomic E-state index is 0.0408. The van der Waals surface area contributed by atoms with E-state index >= 15 is 0 Å². The van der Waals surface area contributed by atoms with Crippen molar-refractivity contribution >= 4 is 17.0 Å². The van der Waals surface area contributed by atoms with Crippen LogP contribution in [-0.2, 0) is 4.74 Å². The first-order chi connectivity index (χ1) is 21.1. The predicted octanol–water partition coefficient (Wildman–Crippen LogP) is 5.33. The van der Waals surface area contributed by atoms with Crippen LogP contribution in [0.5, 0.6) is 11.5 Å². The lowest BCUT2D eigenvalue weighted by molar-refractivity contribution is 0.0254. The van der Waals surface area contributed by atoms with Gasteiger partial charge in [0.2, 0.25) is 0 Å². The largest absolute Gasteiger partial charge is 0.496 e. The molecular formula is C34H34N4O5. The quantitative estimate of drug-likeness (QED) is 0.302. The first-order valence-corrected chi connectivity index (χ1v) is 15.0. The molecule has 3 aliphatic rings. The molecule has 3 atom stereocenters. The van der Waals surface area contributed by atoms with Gasteiger partial charge in [0.05, 0.1) is 31.5 Å². The lowest BCUT2D eigenvalue weighted by Gasteiger charge is -2.23. The number of nitriles is 1. The molecule has 0 radical (unpaired) electrons. The van der Waals surface area contributed by atoms with Crippen molar-refractivity contribution in [2.45, 2.75) is 37.8 Å². The highest BCUT2D eigenvalue weighted by molar-refractivity contribution is 5.97. The molecule has 4 heterocycles. The molecule has 2 saturated heterocycles. The molecule has 3 fully saturated rings. The summed E-state index contributed by atoms with van der Waals surface area (Å²) in [4.78, 5) is 17.7. The van der Waals surface area contributed by atoms with E-state index in [1.54, 1.807) is 19.4 Å². The number of methoxy groups -OCH3 is 1. The number of aromatic nitrogens is 1. The maximum atomic E-state index is 13.2. The Kier molecular flexibility index (Phi) is 7.47. The number of carbonyl (C=O) groups is 1. The molecule has 220 valence electrons. The van der Waals surface area contributed by atoms with E-state index in [4.69, 9.17) is 18.6 Å². The van der Waals surface area contributed by atoms with Gasteiger partial charge in [0.1, 0.15) is 34.9 Å². The van der Waals surface area contributed by atoms with Gasteiger partial charge in [-0.05, 0) is 73.2 Å². The standard InChI is InChI=1S/C34H34N4O5/c1-40-31-15-21(34(39)38-28-6-3-22-18-36-19-27(22)28)2-5-26(31)32-16-29-33(43-32)25(8-11-37-29)20-4-7-30(23(14-20)17-35)42-24-9-12-41-13-10-24/h2,4-5,7-8,11,14-16,22,24,27-28,36H,3,6,9-10,12-13,18-19H2,1H3,(H,38,39)/t22-,27+,28-/m1/s1. The number of amides is 1. The molecule has 43 heavy (non-hydrogen) atoms. The second-order valence-electron chi connectivity index (χ2n) is 11.6. The Labute approximate surface area is 250 Å². The normalized spacial score (nSPS) is 21.8. The van der Waals surface area contributed by atoms with E-state index < -0.39 is 0 Å². The number of pyridine rings is 1. The number of nitrogens with zero attached hydrogens (tertiary/aromatic N) is 2. The number of ether oxygens (including phenoxy) is 3. The van der Waals surface area contributed by atoms with Gasteiger partial charge in [-0.3, -0.25) is 9.78 Å². The fraction of sp³-hybridized carbons (Fsp3) is 0.382. The van der Waals surface area contributed by atoms with Gasteiger partial charge in [0, 0.05) is 48.8 Å². The maximum absolute atomic E-state index is 13.2. The number of nitrogens with one attached hydrogen (secondary N) is 2. The maximum Gasteiger partial charge on any atom is 0.251 e. The third kappa shape index (κ3) is 5.33. The summed E-state index contributed by atoms with van der Waals surface area (Å²) in [6.45, 7) is 3.34. The summed E-state index contributed by atoms with van der Waals surface area (Å²) in [6.07, 6.45) is 5.56. The fourth-order valence-electron chi connectivity index (χ4n) is 6.77. The van der Waals surface area contributed by atoms with Crippen molar-refractivity contribution in [3.63, 3.8) is 0 Å². The van der Waals surface area contributed by atoms with Crippen LogP contribution >= 0.6 is 0 Å². The highest BCUT2D eigenvalue weighted by atomic mass is 16.5. The second-order valence-corrected chi connectivity index (χ2v) is 11.6. The molecule has 9 heteroatoms. The fourth-order valence-corrected chi connectivity index (χ4v) is 6.77. The van der Waals surface area contributed by atoms with Gasteiger partial charge in [-0.15, -0.1) is 0 Å². The van der Waals surface area contributed by atoms with Crippen LogP contribution in [0.2, 0.25) is 0 Å². The monoisotopic (exact) mass is 578 g/mol. The topological polar surface area (TPSA) is 119 Å². The molecule has 0 spiro atoms. The zero-order valence-corrected chi connectivity index (χ0v) is 24.1. The van der Waals surface area contributed by atoms with Gasteiger partial charge >= 0.3 is 0 Å². The number of hydrogen-bond donors (Lipinski definition) is 2. The first kappa shape index (κ1) is 27.4. The molecule has 0 unspecified atom stereocenters. The van der Waals surface area contributed by atoms with Crippen molar-refractivity contribution in [2.75, 3.05) is 33.4 Å². The summed E-state index contributed by atoms with van der Waals surface area (Å²) in [7, 11) is 1.59. The van der Waals surface area contributed by atoms with Crippen molar-refractivity contribution in [3.05, 3.63) is 65.9 Å². The molecule has 2 N–H and O–H groups in total. The number of rotatable bonds is 7. The lowest BCUT2D eigenvalue weighted by atomic mass is 9.97. The average molecular weight is 579 g/mol. The molecule has 1 saturated carbocycles. The summed E-state index contributed by atoms with van der Waals surface area (Å²) in [5.41, 5.74) is 4.67. The number of hydrogen-bond acceptors (Lipinski definition) is 8. The molecular weight excluding hydrogens is 544 g/mol. The molecule has 4 aromatic rings. The van der Waals surface area contributed by atoms with Crippen LogP contribution in [0.25, 0.3) is 33.6 Å². The average Bonchev–Trinajstić information content (AvgIpc) is 3.79. The Morgan fingerprint density at radius 2 is 1.91 bits per heavy atom. The van der Waals surface area contributed by atoms with Crippen LogP contribution < -0.4 is 20.1 Å². The van der Waals surface area contributed by atoms with Crippen LogP contribution in [0.3, 0.4) is 0 Å². The van der Waals surface area contributed by atoms with Crippen molar-refractivity contribution in [3.8, 4) is 40.0 Å².